The maximum atomic E-state index is 13.2. The summed E-state index contributed by atoms with van der Waals surface area (Å²) in [6.07, 6.45) is 0.523. The Balaban J connectivity index is 2.17. The summed E-state index contributed by atoms with van der Waals surface area (Å²) in [5, 5.41) is 11.5. The van der Waals surface area contributed by atoms with Gasteiger partial charge in [0.1, 0.15) is 23.0 Å². The van der Waals surface area contributed by atoms with Gasteiger partial charge in [-0.2, -0.15) is 0 Å². The van der Waals surface area contributed by atoms with Crippen LogP contribution >= 0.6 is 11.6 Å². The molecule has 0 saturated carbocycles. The molecule has 0 bridgehead atoms. The van der Waals surface area contributed by atoms with Crippen LogP contribution in [0.1, 0.15) is 30.5 Å². The Morgan fingerprint density at radius 2 is 1.74 bits per heavy atom. The lowest BCUT2D eigenvalue weighted by Crippen LogP contribution is -2.31. The Hall–Kier alpha value is -3.23. The number of halogens is 1. The largest absolute Gasteiger partial charge is 0.507 e. The number of hydrogen-bond donors (Lipinski definition) is 1. The highest BCUT2D eigenvalue weighted by atomic mass is 35.5. The number of amides is 1. The molecule has 1 fully saturated rings. The number of Topliss-reactive ketones (excluding diaryl/α,β-unsaturated/α-hetero) is 1. The van der Waals surface area contributed by atoms with E-state index in [4.69, 9.17) is 30.5 Å². The third-order valence-electron chi connectivity index (χ3n) is 5.52. The number of carbonyl (C=O) groups excluding carboxylic acids is 2. The van der Waals surface area contributed by atoms with Crippen molar-refractivity contribution in [1.29, 1.82) is 0 Å². The Bertz CT molecular complexity index is 1080. The molecule has 0 radical (unpaired) electrons. The van der Waals surface area contributed by atoms with Crippen LogP contribution < -0.4 is 14.2 Å². The van der Waals surface area contributed by atoms with E-state index in [9.17, 15) is 14.7 Å². The first-order valence-electron chi connectivity index (χ1n) is 10.8. The number of nitrogens with zero attached hydrogens (tertiary/aromatic N) is 1. The van der Waals surface area contributed by atoms with Crippen molar-refractivity contribution in [1.82, 2.24) is 4.90 Å². The van der Waals surface area contributed by atoms with Crippen molar-refractivity contribution in [2.75, 3.05) is 41.1 Å². The topological polar surface area (TPSA) is 94.5 Å². The van der Waals surface area contributed by atoms with Gasteiger partial charge in [-0.25, -0.2) is 0 Å². The van der Waals surface area contributed by atoms with Gasteiger partial charge in [0, 0.05) is 26.3 Å². The molecule has 0 aliphatic carbocycles. The van der Waals surface area contributed by atoms with Gasteiger partial charge in [0.2, 0.25) is 0 Å². The molecule has 9 heteroatoms. The number of benzene rings is 2. The van der Waals surface area contributed by atoms with E-state index in [0.717, 1.165) is 0 Å². The lowest BCUT2D eigenvalue weighted by molar-refractivity contribution is -0.140. The average molecular weight is 490 g/mol. The van der Waals surface area contributed by atoms with Crippen molar-refractivity contribution in [3.05, 3.63) is 58.1 Å². The molecule has 182 valence electrons. The number of methoxy groups -OCH3 is 3. The summed E-state index contributed by atoms with van der Waals surface area (Å²) in [4.78, 5) is 27.6. The third-order valence-corrected chi connectivity index (χ3v) is 5.82. The second-order valence-corrected chi connectivity index (χ2v) is 7.94. The molecule has 1 aliphatic heterocycles. The van der Waals surface area contributed by atoms with Crippen LogP contribution in [0, 0.1) is 0 Å². The Morgan fingerprint density at radius 3 is 2.32 bits per heavy atom. The van der Waals surface area contributed by atoms with Gasteiger partial charge < -0.3 is 29.0 Å². The quantitative estimate of drug-likeness (QED) is 0.231. The van der Waals surface area contributed by atoms with Crippen molar-refractivity contribution in [2.24, 2.45) is 0 Å². The first kappa shape index (κ1) is 25.4. The van der Waals surface area contributed by atoms with Crippen molar-refractivity contribution < 1.29 is 33.6 Å². The molecule has 2 aromatic rings. The fourth-order valence-corrected chi connectivity index (χ4v) is 4.18. The summed E-state index contributed by atoms with van der Waals surface area (Å²) in [6.45, 7) is 3.08. The van der Waals surface area contributed by atoms with Crippen molar-refractivity contribution in [3.8, 4) is 17.2 Å². The number of hydrogen-bond acceptors (Lipinski definition) is 7. The lowest BCUT2D eigenvalue weighted by atomic mass is 9.94. The minimum Gasteiger partial charge on any atom is -0.507 e. The fraction of sp³-hybridized carbons (Fsp3) is 0.360. The molecular weight excluding hydrogens is 462 g/mol. The molecule has 8 nitrogen and oxygen atoms in total. The zero-order chi connectivity index (χ0) is 24.8. The van der Waals surface area contributed by atoms with Gasteiger partial charge >= 0.3 is 0 Å². The maximum absolute atomic E-state index is 13.2. The van der Waals surface area contributed by atoms with Crippen molar-refractivity contribution in [2.45, 2.75) is 19.4 Å². The summed E-state index contributed by atoms with van der Waals surface area (Å²) in [5.74, 6) is -0.620. The Kier molecular flexibility index (Phi) is 8.41. The van der Waals surface area contributed by atoms with Crippen molar-refractivity contribution >= 4 is 29.1 Å². The minimum atomic E-state index is -0.807. The molecule has 1 amide bonds. The first-order chi connectivity index (χ1) is 16.4. The summed E-state index contributed by atoms with van der Waals surface area (Å²) in [6, 6.07) is 9.23. The Morgan fingerprint density at radius 1 is 1.06 bits per heavy atom. The maximum Gasteiger partial charge on any atom is 0.295 e. The van der Waals surface area contributed by atoms with Gasteiger partial charge in [0.05, 0.1) is 43.0 Å². The number of carbonyl (C=O) groups is 2. The smallest absolute Gasteiger partial charge is 0.295 e. The monoisotopic (exact) mass is 489 g/mol. The minimum absolute atomic E-state index is 0.0499. The molecule has 1 aliphatic rings. The van der Waals surface area contributed by atoms with E-state index in [0.29, 0.717) is 36.7 Å². The van der Waals surface area contributed by atoms with Crippen molar-refractivity contribution in [3.63, 3.8) is 0 Å². The highest BCUT2D eigenvalue weighted by Crippen LogP contribution is 2.43. The lowest BCUT2D eigenvalue weighted by Gasteiger charge is -2.25. The van der Waals surface area contributed by atoms with Crippen LogP contribution in [-0.2, 0) is 14.3 Å². The van der Waals surface area contributed by atoms with Crippen LogP contribution in [0.3, 0.4) is 0 Å². The Labute approximate surface area is 203 Å². The SMILES string of the molecule is CCOc1ccc(C2/C(=C(\O)c3cc(Cl)c(OC)cc3OC)C(=O)C(=O)N2CCCOC)cc1. The number of aliphatic hydroxyl groups is 1. The number of likely N-dealkylation sites (tertiary alicyclic amines) is 1. The molecule has 1 unspecified atom stereocenters. The highest BCUT2D eigenvalue weighted by molar-refractivity contribution is 6.46. The van der Waals surface area contributed by atoms with E-state index < -0.39 is 17.7 Å². The van der Waals surface area contributed by atoms with Gasteiger partial charge in [-0.05, 0) is 37.1 Å². The standard InChI is InChI=1S/C25H28ClNO7/c1-5-34-16-9-7-15(8-10-16)22-21(24(29)25(30)27(22)11-6-12-31-2)23(28)17-13-18(26)20(33-4)14-19(17)32-3/h7-10,13-14,22,28H,5-6,11-12H2,1-4H3/b23-21+. The van der Waals surface area contributed by atoms with Crippen LogP contribution in [0.15, 0.2) is 42.0 Å². The number of ether oxygens (including phenoxy) is 4. The molecule has 2 aromatic carbocycles. The summed E-state index contributed by atoms with van der Waals surface area (Å²) in [7, 11) is 4.45. The first-order valence-corrected chi connectivity index (χ1v) is 11.2. The average Bonchev–Trinajstić information content (AvgIpc) is 3.09. The van der Waals surface area contributed by atoms with Gasteiger partial charge in [0.15, 0.2) is 0 Å². The molecule has 3 rings (SSSR count). The summed E-state index contributed by atoms with van der Waals surface area (Å²) >= 11 is 6.28. The molecule has 1 saturated heterocycles. The van der Waals surface area contributed by atoms with E-state index in [-0.39, 0.29) is 34.2 Å². The van der Waals surface area contributed by atoms with Gasteiger partial charge in [-0.3, -0.25) is 9.59 Å². The van der Waals surface area contributed by atoms with Gasteiger partial charge in [-0.15, -0.1) is 0 Å². The van der Waals surface area contributed by atoms with Crippen LogP contribution in [0.25, 0.3) is 5.76 Å². The number of ketones is 1. The van der Waals surface area contributed by atoms with Crippen LogP contribution in [0.2, 0.25) is 5.02 Å². The molecule has 1 heterocycles. The molecule has 34 heavy (non-hydrogen) atoms. The third kappa shape index (κ3) is 4.98. The molecule has 1 atom stereocenters. The predicted molar refractivity (Wildman–Crippen MR) is 128 cm³/mol. The zero-order valence-corrected chi connectivity index (χ0v) is 20.3. The molecule has 1 N–H and O–H groups in total. The number of aliphatic hydroxyl groups excluding tert-OH is 1. The van der Waals surface area contributed by atoms with Crippen LogP contribution in [-0.4, -0.2) is 62.8 Å². The van der Waals surface area contributed by atoms with E-state index in [1.807, 2.05) is 6.92 Å². The normalized spacial score (nSPS) is 17.2. The zero-order valence-electron chi connectivity index (χ0n) is 19.6. The van der Waals surface area contributed by atoms with E-state index in [1.165, 1.54) is 31.3 Å². The van der Waals surface area contributed by atoms with E-state index in [2.05, 4.69) is 0 Å². The molecule has 0 aromatic heterocycles. The number of rotatable bonds is 10. The van der Waals surface area contributed by atoms with E-state index in [1.54, 1.807) is 31.4 Å². The van der Waals surface area contributed by atoms with Crippen LogP contribution in [0.5, 0.6) is 17.2 Å². The fourth-order valence-electron chi connectivity index (χ4n) is 3.94. The van der Waals surface area contributed by atoms with Crippen LogP contribution in [0.4, 0.5) is 0 Å². The second-order valence-electron chi connectivity index (χ2n) is 7.53. The van der Waals surface area contributed by atoms with Gasteiger partial charge in [0.25, 0.3) is 11.7 Å². The summed E-state index contributed by atoms with van der Waals surface area (Å²) < 4.78 is 21.2. The summed E-state index contributed by atoms with van der Waals surface area (Å²) in [5.41, 5.74) is 0.783. The van der Waals surface area contributed by atoms with Gasteiger partial charge in [-0.1, -0.05) is 23.7 Å². The van der Waals surface area contributed by atoms with E-state index >= 15 is 0 Å². The predicted octanol–water partition coefficient (Wildman–Crippen LogP) is 4.21. The second kappa shape index (κ2) is 11.3. The highest BCUT2D eigenvalue weighted by Gasteiger charge is 2.46. The molecule has 0 spiro atoms. The molecular formula is C25H28ClNO7.